The third kappa shape index (κ3) is 5.68. The Labute approximate surface area is 223 Å². The Morgan fingerprint density at radius 3 is 2.33 bits per heavy atom. The molecule has 0 bridgehead atoms. The maximum absolute atomic E-state index is 13.7. The van der Waals surface area contributed by atoms with E-state index < -0.39 is 39.7 Å². The largest absolute Gasteiger partial charge is 0.493 e. The number of fused-ring (bicyclic) bond motifs is 1. The maximum Gasteiger partial charge on any atom is 0.416 e. The van der Waals surface area contributed by atoms with E-state index in [9.17, 15) is 31.2 Å². The molecule has 1 unspecified atom stereocenters. The van der Waals surface area contributed by atoms with Gasteiger partial charge in [-0.2, -0.15) is 17.5 Å². The predicted octanol–water partition coefficient (Wildman–Crippen LogP) is 2.41. The number of halogens is 3. The van der Waals surface area contributed by atoms with Crippen LogP contribution >= 0.6 is 0 Å². The molecule has 0 radical (unpaired) electrons. The van der Waals surface area contributed by atoms with Gasteiger partial charge in [-0.1, -0.05) is 0 Å². The fraction of sp³-hybridized carbons (Fsp3) is 0.440. The van der Waals surface area contributed by atoms with Gasteiger partial charge in [-0.25, -0.2) is 13.2 Å². The summed E-state index contributed by atoms with van der Waals surface area (Å²) in [5.74, 6) is 0.179. The van der Waals surface area contributed by atoms with Crippen LogP contribution in [0.3, 0.4) is 0 Å². The summed E-state index contributed by atoms with van der Waals surface area (Å²) in [5.41, 5.74) is 0.0507. The summed E-state index contributed by atoms with van der Waals surface area (Å²) in [6.45, 7) is 1.28. The van der Waals surface area contributed by atoms with Crippen LogP contribution in [0.5, 0.6) is 5.75 Å². The highest BCUT2D eigenvalue weighted by Crippen LogP contribution is 2.32. The van der Waals surface area contributed by atoms with Gasteiger partial charge >= 0.3 is 12.2 Å². The fourth-order valence-electron chi connectivity index (χ4n) is 4.84. The molecule has 0 spiro atoms. The second kappa shape index (κ2) is 10.7. The molecule has 5 rings (SSSR count). The van der Waals surface area contributed by atoms with Crippen molar-refractivity contribution < 1.29 is 40.7 Å². The smallest absolute Gasteiger partial charge is 0.416 e. The topological polar surface area (TPSA) is 108 Å². The van der Waals surface area contributed by atoms with Crippen molar-refractivity contribution in [3.8, 4) is 5.75 Å². The van der Waals surface area contributed by atoms with Crippen LogP contribution in [-0.4, -0.2) is 93.0 Å². The van der Waals surface area contributed by atoms with Gasteiger partial charge in [0.2, 0.25) is 15.9 Å². The molecule has 0 aliphatic carbocycles. The molecule has 210 valence electrons. The first-order valence-corrected chi connectivity index (χ1v) is 13.9. The molecule has 0 aromatic heterocycles. The Balaban J connectivity index is 1.37. The predicted molar refractivity (Wildman–Crippen MR) is 133 cm³/mol. The molecule has 10 nitrogen and oxygen atoms in total. The lowest BCUT2D eigenvalue weighted by Gasteiger charge is -2.42. The van der Waals surface area contributed by atoms with E-state index in [1.807, 2.05) is 0 Å². The van der Waals surface area contributed by atoms with E-state index in [-0.39, 0.29) is 43.3 Å². The number of ether oxygens (including phenoxy) is 2. The standard InChI is InChI=1S/C25H27F3N4O6S/c26-25(27,28)18-1-3-19(4-2-18)29-24(34)31-8-9-32(21(16-31)23(33)30-10-13-37-14-11-30)39(35,36)20-5-6-22-17(15-20)7-12-38-22/h1-6,15,21H,7-14,16H2,(H,29,34). The van der Waals surface area contributed by atoms with E-state index in [1.165, 1.54) is 15.9 Å². The van der Waals surface area contributed by atoms with Crippen molar-refractivity contribution in [2.24, 2.45) is 0 Å². The Hall–Kier alpha value is -3.36. The van der Waals surface area contributed by atoms with Gasteiger partial charge in [-0.05, 0) is 48.0 Å². The van der Waals surface area contributed by atoms with E-state index in [4.69, 9.17) is 9.47 Å². The number of rotatable bonds is 4. The lowest BCUT2D eigenvalue weighted by Crippen LogP contribution is -2.63. The average Bonchev–Trinajstić information content (AvgIpc) is 3.41. The van der Waals surface area contributed by atoms with Gasteiger partial charge in [-0.15, -0.1) is 0 Å². The number of benzene rings is 2. The zero-order chi connectivity index (χ0) is 27.8. The summed E-state index contributed by atoms with van der Waals surface area (Å²) in [7, 11) is -4.11. The first-order valence-electron chi connectivity index (χ1n) is 12.4. The Bertz CT molecular complexity index is 1350. The van der Waals surface area contributed by atoms with Crippen LogP contribution in [0.4, 0.5) is 23.7 Å². The summed E-state index contributed by atoms with van der Waals surface area (Å²) in [4.78, 5) is 29.4. The second-order valence-electron chi connectivity index (χ2n) is 9.39. The van der Waals surface area contributed by atoms with Crippen LogP contribution in [0.15, 0.2) is 47.4 Å². The van der Waals surface area contributed by atoms with Crippen molar-refractivity contribution >= 4 is 27.6 Å². The molecule has 0 saturated carbocycles. The van der Waals surface area contributed by atoms with Gasteiger partial charge in [0.05, 0.1) is 30.3 Å². The third-order valence-electron chi connectivity index (χ3n) is 6.96. The molecular weight excluding hydrogens is 541 g/mol. The van der Waals surface area contributed by atoms with Gasteiger partial charge in [0.1, 0.15) is 11.8 Å². The second-order valence-corrected chi connectivity index (χ2v) is 11.3. The van der Waals surface area contributed by atoms with E-state index in [0.29, 0.717) is 32.0 Å². The van der Waals surface area contributed by atoms with Crippen LogP contribution in [0.2, 0.25) is 0 Å². The first kappa shape index (κ1) is 27.2. The molecule has 2 fully saturated rings. The molecule has 39 heavy (non-hydrogen) atoms. The van der Waals surface area contributed by atoms with E-state index >= 15 is 0 Å². The Morgan fingerprint density at radius 2 is 1.64 bits per heavy atom. The monoisotopic (exact) mass is 568 g/mol. The van der Waals surface area contributed by atoms with Crippen LogP contribution in [0.25, 0.3) is 0 Å². The number of sulfonamides is 1. The van der Waals surface area contributed by atoms with Gasteiger partial charge in [-0.3, -0.25) is 4.79 Å². The third-order valence-corrected chi connectivity index (χ3v) is 8.86. The molecule has 1 atom stereocenters. The number of urea groups is 1. The normalized spacial score (nSPS) is 20.3. The van der Waals surface area contributed by atoms with Crippen molar-refractivity contribution in [2.45, 2.75) is 23.5 Å². The molecule has 3 aliphatic heterocycles. The minimum absolute atomic E-state index is 0.0212. The highest BCUT2D eigenvalue weighted by molar-refractivity contribution is 7.89. The summed E-state index contributed by atoms with van der Waals surface area (Å²) in [6, 6.07) is 6.73. The summed E-state index contributed by atoms with van der Waals surface area (Å²) in [6.07, 6.45) is -3.93. The van der Waals surface area contributed by atoms with E-state index in [2.05, 4.69) is 5.32 Å². The van der Waals surface area contributed by atoms with Crippen molar-refractivity contribution in [3.05, 3.63) is 53.6 Å². The van der Waals surface area contributed by atoms with Crippen LogP contribution in [0, 0.1) is 0 Å². The first-order chi connectivity index (χ1) is 18.5. The molecule has 2 aromatic carbocycles. The number of hydrogen-bond acceptors (Lipinski definition) is 6. The number of anilines is 1. The van der Waals surface area contributed by atoms with Gasteiger partial charge in [0, 0.05) is 44.8 Å². The maximum atomic E-state index is 13.7. The molecule has 3 heterocycles. The number of carbonyl (C=O) groups is 2. The molecule has 14 heteroatoms. The summed E-state index contributed by atoms with van der Waals surface area (Å²) >= 11 is 0. The lowest BCUT2D eigenvalue weighted by atomic mass is 10.1. The van der Waals surface area contributed by atoms with Crippen molar-refractivity contribution in [1.82, 2.24) is 14.1 Å². The van der Waals surface area contributed by atoms with E-state index in [1.54, 1.807) is 12.1 Å². The number of alkyl halides is 3. The molecular formula is C25H27F3N4O6S. The molecule has 2 saturated heterocycles. The van der Waals surface area contributed by atoms with Crippen LogP contribution < -0.4 is 10.1 Å². The molecule has 2 aromatic rings. The zero-order valence-electron chi connectivity index (χ0n) is 20.8. The Morgan fingerprint density at radius 1 is 0.923 bits per heavy atom. The van der Waals surface area contributed by atoms with Crippen LogP contribution in [0.1, 0.15) is 11.1 Å². The van der Waals surface area contributed by atoms with Crippen molar-refractivity contribution in [2.75, 3.05) is 57.9 Å². The lowest BCUT2D eigenvalue weighted by molar-refractivity contribution is -0.140. The number of nitrogens with one attached hydrogen (secondary N) is 1. The van der Waals surface area contributed by atoms with Crippen molar-refractivity contribution in [3.63, 3.8) is 0 Å². The SMILES string of the molecule is O=C(Nc1ccc(C(F)(F)F)cc1)N1CCN(S(=O)(=O)c2ccc3c(c2)CCO3)C(C(=O)N2CCOCC2)C1. The number of nitrogens with zero attached hydrogens (tertiary/aromatic N) is 3. The van der Waals surface area contributed by atoms with Gasteiger partial charge in [0.25, 0.3) is 0 Å². The number of morpholine rings is 1. The van der Waals surface area contributed by atoms with Crippen LogP contribution in [-0.2, 0) is 32.2 Å². The van der Waals surface area contributed by atoms with Gasteiger partial charge < -0.3 is 24.6 Å². The van der Waals surface area contributed by atoms with Gasteiger partial charge in [0.15, 0.2) is 0 Å². The number of carbonyl (C=O) groups excluding carboxylic acids is 2. The Kier molecular flexibility index (Phi) is 7.44. The minimum Gasteiger partial charge on any atom is -0.493 e. The fourth-order valence-corrected chi connectivity index (χ4v) is 6.45. The minimum atomic E-state index is -4.51. The highest BCUT2D eigenvalue weighted by atomic mass is 32.2. The average molecular weight is 569 g/mol. The van der Waals surface area contributed by atoms with E-state index in [0.717, 1.165) is 34.1 Å². The quantitative estimate of drug-likeness (QED) is 0.607. The highest BCUT2D eigenvalue weighted by Gasteiger charge is 2.43. The number of amides is 3. The zero-order valence-corrected chi connectivity index (χ0v) is 21.6. The molecule has 1 N–H and O–H groups in total. The molecule has 3 aliphatic rings. The number of hydrogen-bond donors (Lipinski definition) is 1. The number of piperazine rings is 1. The summed E-state index contributed by atoms with van der Waals surface area (Å²) < 4.78 is 78.0. The van der Waals surface area contributed by atoms with Crippen molar-refractivity contribution in [1.29, 1.82) is 0 Å². The molecule has 3 amide bonds. The summed E-state index contributed by atoms with van der Waals surface area (Å²) in [5, 5.41) is 2.54.